The Labute approximate surface area is 114 Å². The molecule has 18 heavy (non-hydrogen) atoms. The molecule has 1 unspecified atom stereocenters. The maximum absolute atomic E-state index is 11.2. The average molecular weight is 288 g/mol. The van der Waals surface area contributed by atoms with Crippen LogP contribution in [0.1, 0.15) is 24.4 Å². The van der Waals surface area contributed by atoms with Crippen molar-refractivity contribution in [2.75, 3.05) is 25.1 Å². The lowest BCUT2D eigenvalue weighted by molar-refractivity contribution is 0.272. The number of nitrogens with zero attached hydrogens (tertiary/aromatic N) is 1. The van der Waals surface area contributed by atoms with E-state index in [0.29, 0.717) is 12.6 Å². The van der Waals surface area contributed by atoms with Crippen molar-refractivity contribution in [2.24, 2.45) is 0 Å². The highest BCUT2D eigenvalue weighted by molar-refractivity contribution is 7.90. The summed E-state index contributed by atoms with van der Waals surface area (Å²) in [5, 5.41) is 0.736. The first-order valence-electron chi connectivity index (χ1n) is 6.13. The van der Waals surface area contributed by atoms with E-state index in [-0.39, 0.29) is 5.75 Å². The molecule has 1 fully saturated rings. The summed E-state index contributed by atoms with van der Waals surface area (Å²) in [5.74, 6) is 0.233. The molecule has 1 aliphatic heterocycles. The van der Waals surface area contributed by atoms with Crippen molar-refractivity contribution in [2.45, 2.75) is 18.9 Å². The molecule has 0 bridgehead atoms. The third-order valence-electron chi connectivity index (χ3n) is 3.37. The summed E-state index contributed by atoms with van der Waals surface area (Å²) in [5.41, 5.74) is 1.23. The van der Waals surface area contributed by atoms with Crippen molar-refractivity contribution in [1.29, 1.82) is 0 Å². The SMILES string of the molecule is CS(=O)(=O)CCN1CCCC1c1ccc(Cl)cc1. The average Bonchev–Trinajstić information content (AvgIpc) is 2.75. The molecule has 0 saturated carbocycles. The van der Waals surface area contributed by atoms with Gasteiger partial charge in [0.1, 0.15) is 9.84 Å². The van der Waals surface area contributed by atoms with Gasteiger partial charge in [-0.2, -0.15) is 0 Å². The van der Waals surface area contributed by atoms with Crippen LogP contribution < -0.4 is 0 Å². The van der Waals surface area contributed by atoms with Crippen LogP contribution in [-0.2, 0) is 9.84 Å². The third-order valence-corrected chi connectivity index (χ3v) is 4.54. The molecule has 0 radical (unpaired) electrons. The van der Waals surface area contributed by atoms with Gasteiger partial charge in [-0.1, -0.05) is 23.7 Å². The number of halogens is 1. The second-order valence-electron chi connectivity index (χ2n) is 4.88. The maximum atomic E-state index is 11.2. The minimum atomic E-state index is -2.89. The lowest BCUT2D eigenvalue weighted by Gasteiger charge is -2.24. The van der Waals surface area contributed by atoms with Crippen LogP contribution in [0, 0.1) is 0 Å². The van der Waals surface area contributed by atoms with Crippen molar-refractivity contribution < 1.29 is 8.42 Å². The summed E-state index contributed by atoms with van der Waals surface area (Å²) in [6.45, 7) is 1.59. The van der Waals surface area contributed by atoms with Gasteiger partial charge in [0.05, 0.1) is 5.75 Å². The molecule has 0 spiro atoms. The molecular formula is C13H18ClNO2S. The van der Waals surface area contributed by atoms with Gasteiger partial charge in [-0.15, -0.1) is 0 Å². The van der Waals surface area contributed by atoms with E-state index in [2.05, 4.69) is 4.90 Å². The Hall–Kier alpha value is -0.580. The van der Waals surface area contributed by atoms with Gasteiger partial charge in [0, 0.05) is 23.9 Å². The molecule has 3 nitrogen and oxygen atoms in total. The molecule has 0 aromatic heterocycles. The molecule has 1 atom stereocenters. The summed E-state index contributed by atoms with van der Waals surface area (Å²) in [4.78, 5) is 2.25. The van der Waals surface area contributed by atoms with E-state index in [9.17, 15) is 8.42 Å². The third kappa shape index (κ3) is 3.70. The van der Waals surface area contributed by atoms with Crippen molar-refractivity contribution in [3.63, 3.8) is 0 Å². The number of hydrogen-bond donors (Lipinski definition) is 0. The van der Waals surface area contributed by atoms with Crippen molar-refractivity contribution in [3.8, 4) is 0 Å². The Morgan fingerprint density at radius 1 is 1.33 bits per heavy atom. The molecule has 1 saturated heterocycles. The van der Waals surface area contributed by atoms with Gasteiger partial charge in [0.15, 0.2) is 0 Å². The van der Waals surface area contributed by atoms with Crippen LogP contribution in [0.5, 0.6) is 0 Å². The van der Waals surface area contributed by atoms with Crippen LogP contribution in [0.3, 0.4) is 0 Å². The Balaban J connectivity index is 2.05. The topological polar surface area (TPSA) is 37.4 Å². The first-order valence-corrected chi connectivity index (χ1v) is 8.57. The quantitative estimate of drug-likeness (QED) is 0.854. The first-order chi connectivity index (χ1) is 8.46. The lowest BCUT2D eigenvalue weighted by Crippen LogP contribution is -2.28. The summed E-state index contributed by atoms with van der Waals surface area (Å²) in [6, 6.07) is 8.19. The number of hydrogen-bond acceptors (Lipinski definition) is 3. The van der Waals surface area contributed by atoms with E-state index >= 15 is 0 Å². The fourth-order valence-corrected chi connectivity index (χ4v) is 3.13. The highest BCUT2D eigenvalue weighted by atomic mass is 35.5. The zero-order chi connectivity index (χ0) is 13.2. The van der Waals surface area contributed by atoms with Crippen molar-refractivity contribution in [1.82, 2.24) is 4.90 Å². The predicted molar refractivity (Wildman–Crippen MR) is 74.7 cm³/mol. The van der Waals surface area contributed by atoms with E-state index in [0.717, 1.165) is 24.4 Å². The summed E-state index contributed by atoms with van der Waals surface area (Å²) in [7, 11) is -2.89. The molecule has 0 amide bonds. The minimum absolute atomic E-state index is 0.233. The zero-order valence-electron chi connectivity index (χ0n) is 10.5. The number of rotatable bonds is 4. The number of benzene rings is 1. The number of likely N-dealkylation sites (tertiary alicyclic amines) is 1. The van der Waals surface area contributed by atoms with Crippen LogP contribution in [0.2, 0.25) is 5.02 Å². The molecule has 0 aliphatic carbocycles. The van der Waals surface area contributed by atoms with Crippen LogP contribution in [0.25, 0.3) is 0 Å². The van der Waals surface area contributed by atoms with E-state index in [4.69, 9.17) is 11.6 Å². The molecule has 1 aromatic carbocycles. The van der Waals surface area contributed by atoms with Crippen LogP contribution >= 0.6 is 11.6 Å². The fourth-order valence-electron chi connectivity index (χ4n) is 2.44. The Kier molecular flexibility index (Phi) is 4.30. The van der Waals surface area contributed by atoms with Gasteiger partial charge >= 0.3 is 0 Å². The molecule has 2 rings (SSSR count). The number of sulfone groups is 1. The van der Waals surface area contributed by atoms with Crippen LogP contribution in [0.15, 0.2) is 24.3 Å². The molecule has 1 aliphatic rings. The maximum Gasteiger partial charge on any atom is 0.148 e. The highest BCUT2D eigenvalue weighted by Crippen LogP contribution is 2.32. The molecule has 0 N–H and O–H groups in total. The summed E-state index contributed by atoms with van der Waals surface area (Å²) in [6.07, 6.45) is 3.50. The largest absolute Gasteiger partial charge is 0.295 e. The van der Waals surface area contributed by atoms with Gasteiger partial charge in [0.2, 0.25) is 0 Å². The van der Waals surface area contributed by atoms with Crippen molar-refractivity contribution >= 4 is 21.4 Å². The van der Waals surface area contributed by atoms with E-state index in [1.54, 1.807) is 0 Å². The van der Waals surface area contributed by atoms with Gasteiger partial charge in [-0.25, -0.2) is 8.42 Å². The normalized spacial score (nSPS) is 21.3. The summed E-state index contributed by atoms with van der Waals surface area (Å²) < 4.78 is 22.5. The monoisotopic (exact) mass is 287 g/mol. The highest BCUT2D eigenvalue weighted by Gasteiger charge is 2.26. The molecular weight excluding hydrogens is 270 g/mol. The van der Waals surface area contributed by atoms with E-state index in [1.807, 2.05) is 24.3 Å². The second kappa shape index (κ2) is 5.59. The molecule has 100 valence electrons. The first kappa shape index (κ1) is 13.8. The van der Waals surface area contributed by atoms with Gasteiger partial charge in [-0.3, -0.25) is 4.90 Å². The Morgan fingerprint density at radius 2 is 2.00 bits per heavy atom. The van der Waals surface area contributed by atoms with Crippen LogP contribution in [0.4, 0.5) is 0 Å². The molecule has 1 aromatic rings. The Morgan fingerprint density at radius 3 is 2.61 bits per heavy atom. The minimum Gasteiger partial charge on any atom is -0.295 e. The zero-order valence-corrected chi connectivity index (χ0v) is 12.0. The summed E-state index contributed by atoms with van der Waals surface area (Å²) >= 11 is 5.88. The predicted octanol–water partition coefficient (Wildman–Crippen LogP) is 2.52. The lowest BCUT2D eigenvalue weighted by atomic mass is 10.0. The van der Waals surface area contributed by atoms with Gasteiger partial charge in [-0.05, 0) is 37.1 Å². The molecule has 5 heteroatoms. The van der Waals surface area contributed by atoms with Gasteiger partial charge in [0.25, 0.3) is 0 Å². The van der Waals surface area contributed by atoms with Crippen molar-refractivity contribution in [3.05, 3.63) is 34.9 Å². The second-order valence-corrected chi connectivity index (χ2v) is 7.57. The van der Waals surface area contributed by atoms with E-state index < -0.39 is 9.84 Å². The van der Waals surface area contributed by atoms with Crippen LogP contribution in [-0.4, -0.2) is 38.4 Å². The molecule has 1 heterocycles. The smallest absolute Gasteiger partial charge is 0.148 e. The van der Waals surface area contributed by atoms with Gasteiger partial charge < -0.3 is 0 Å². The standard InChI is InChI=1S/C13H18ClNO2S/c1-18(16,17)10-9-15-8-2-3-13(15)11-4-6-12(14)7-5-11/h4-7,13H,2-3,8-10H2,1H3. The van der Waals surface area contributed by atoms with E-state index in [1.165, 1.54) is 11.8 Å². The Bertz CT molecular complexity index is 498. The fraction of sp³-hybridized carbons (Fsp3) is 0.538.